The summed E-state index contributed by atoms with van der Waals surface area (Å²) in [4.78, 5) is 12.0. The second-order valence-corrected chi connectivity index (χ2v) is 4.52. The van der Waals surface area contributed by atoms with Crippen LogP contribution in [-0.4, -0.2) is 34.8 Å². The first-order valence-electron chi connectivity index (χ1n) is 6.24. The van der Waals surface area contributed by atoms with Gasteiger partial charge in [0.05, 0.1) is 11.3 Å². The van der Waals surface area contributed by atoms with Crippen molar-refractivity contribution in [2.45, 2.75) is 32.2 Å². The van der Waals surface area contributed by atoms with E-state index in [0.717, 1.165) is 25.1 Å². The van der Waals surface area contributed by atoms with Crippen LogP contribution in [0, 0.1) is 0 Å². The van der Waals surface area contributed by atoms with E-state index in [9.17, 15) is 4.79 Å². The first-order chi connectivity index (χ1) is 8.20. The number of aryl methyl sites for hydroxylation is 2. The maximum atomic E-state index is 12.0. The highest BCUT2D eigenvalue weighted by Crippen LogP contribution is 2.08. The fourth-order valence-corrected chi connectivity index (χ4v) is 2.23. The highest BCUT2D eigenvalue weighted by atomic mass is 16.1. The molecule has 0 aliphatic carbocycles. The van der Waals surface area contributed by atoms with E-state index in [2.05, 4.69) is 15.7 Å². The summed E-state index contributed by atoms with van der Waals surface area (Å²) in [6, 6.07) is 0.431. The van der Waals surface area contributed by atoms with Crippen molar-refractivity contribution in [2.75, 3.05) is 13.1 Å². The van der Waals surface area contributed by atoms with Crippen LogP contribution in [0.3, 0.4) is 0 Å². The number of nitrogens with zero attached hydrogens (tertiary/aromatic N) is 2. The van der Waals surface area contributed by atoms with Crippen LogP contribution in [-0.2, 0) is 13.5 Å². The summed E-state index contributed by atoms with van der Waals surface area (Å²) in [5.41, 5.74) is 1.57. The summed E-state index contributed by atoms with van der Waals surface area (Å²) in [5.74, 6) is -0.0105. The average Bonchev–Trinajstić information content (AvgIpc) is 2.94. The van der Waals surface area contributed by atoms with Crippen molar-refractivity contribution in [3.8, 4) is 0 Å². The quantitative estimate of drug-likeness (QED) is 0.798. The SMILES string of the molecule is CCc1nn(C)cc1C(=O)NCC1CCCN1. The Morgan fingerprint density at radius 3 is 3.18 bits per heavy atom. The lowest BCUT2D eigenvalue weighted by atomic mass is 10.2. The molecule has 0 aromatic carbocycles. The van der Waals surface area contributed by atoms with E-state index in [0.29, 0.717) is 18.2 Å². The number of hydrogen-bond donors (Lipinski definition) is 2. The van der Waals surface area contributed by atoms with Gasteiger partial charge in [-0.15, -0.1) is 0 Å². The number of nitrogens with one attached hydrogen (secondary N) is 2. The zero-order valence-electron chi connectivity index (χ0n) is 10.5. The van der Waals surface area contributed by atoms with Gasteiger partial charge in [-0.1, -0.05) is 6.92 Å². The molecule has 17 heavy (non-hydrogen) atoms. The highest BCUT2D eigenvalue weighted by Gasteiger charge is 2.17. The Kier molecular flexibility index (Phi) is 3.78. The Balaban J connectivity index is 1.93. The second kappa shape index (κ2) is 5.31. The zero-order chi connectivity index (χ0) is 12.3. The summed E-state index contributed by atoms with van der Waals surface area (Å²) >= 11 is 0. The number of rotatable bonds is 4. The fraction of sp³-hybridized carbons (Fsp3) is 0.667. The molecule has 2 rings (SSSR count). The van der Waals surface area contributed by atoms with Gasteiger partial charge in [0, 0.05) is 25.8 Å². The number of carbonyl (C=O) groups is 1. The van der Waals surface area contributed by atoms with Gasteiger partial charge in [-0.05, 0) is 25.8 Å². The standard InChI is InChI=1S/C12H20N4O/c1-3-11-10(8-16(2)15-11)12(17)14-7-9-5-4-6-13-9/h8-9,13H,3-7H2,1-2H3,(H,14,17). The highest BCUT2D eigenvalue weighted by molar-refractivity contribution is 5.95. The molecule has 2 N–H and O–H groups in total. The van der Waals surface area contributed by atoms with E-state index < -0.39 is 0 Å². The van der Waals surface area contributed by atoms with Crippen LogP contribution in [0.15, 0.2) is 6.20 Å². The molecule has 1 aromatic rings. The third-order valence-corrected chi connectivity index (χ3v) is 3.16. The average molecular weight is 236 g/mol. The van der Waals surface area contributed by atoms with Gasteiger partial charge in [0.2, 0.25) is 0 Å². The maximum Gasteiger partial charge on any atom is 0.254 e. The van der Waals surface area contributed by atoms with E-state index in [1.165, 1.54) is 6.42 Å². The van der Waals surface area contributed by atoms with Gasteiger partial charge in [0.25, 0.3) is 5.91 Å². The van der Waals surface area contributed by atoms with Crippen molar-refractivity contribution < 1.29 is 4.79 Å². The third kappa shape index (κ3) is 2.85. The smallest absolute Gasteiger partial charge is 0.254 e. The maximum absolute atomic E-state index is 12.0. The number of hydrogen-bond acceptors (Lipinski definition) is 3. The van der Waals surface area contributed by atoms with Crippen molar-refractivity contribution in [1.29, 1.82) is 0 Å². The van der Waals surface area contributed by atoms with E-state index in [-0.39, 0.29) is 5.91 Å². The normalized spacial score (nSPS) is 19.5. The summed E-state index contributed by atoms with van der Waals surface area (Å²) in [6.45, 7) is 3.78. The first-order valence-corrected chi connectivity index (χ1v) is 6.24. The van der Waals surface area contributed by atoms with Gasteiger partial charge in [-0.25, -0.2) is 0 Å². The minimum atomic E-state index is -0.0105. The summed E-state index contributed by atoms with van der Waals surface area (Å²) < 4.78 is 1.70. The van der Waals surface area contributed by atoms with Crippen molar-refractivity contribution in [1.82, 2.24) is 20.4 Å². The van der Waals surface area contributed by atoms with Crippen LogP contribution < -0.4 is 10.6 Å². The molecule has 5 nitrogen and oxygen atoms in total. The molecule has 0 bridgehead atoms. The molecule has 1 amide bonds. The molecular weight excluding hydrogens is 216 g/mol. The Labute approximate surface area is 102 Å². The van der Waals surface area contributed by atoms with Crippen LogP contribution in [0.1, 0.15) is 35.8 Å². The molecule has 5 heteroatoms. The molecule has 0 spiro atoms. The van der Waals surface area contributed by atoms with E-state index in [1.54, 1.807) is 10.9 Å². The minimum Gasteiger partial charge on any atom is -0.350 e. The van der Waals surface area contributed by atoms with Crippen molar-refractivity contribution in [3.05, 3.63) is 17.5 Å². The van der Waals surface area contributed by atoms with Crippen molar-refractivity contribution in [3.63, 3.8) is 0 Å². The summed E-state index contributed by atoms with van der Waals surface area (Å²) in [7, 11) is 1.84. The van der Waals surface area contributed by atoms with E-state index >= 15 is 0 Å². The lowest BCUT2D eigenvalue weighted by molar-refractivity contribution is 0.0949. The number of amides is 1. The molecular formula is C12H20N4O. The predicted molar refractivity (Wildman–Crippen MR) is 65.9 cm³/mol. The molecule has 1 saturated heterocycles. The number of carbonyl (C=O) groups excluding carboxylic acids is 1. The van der Waals surface area contributed by atoms with Gasteiger partial charge in [0.1, 0.15) is 0 Å². The van der Waals surface area contributed by atoms with Crippen LogP contribution in [0.5, 0.6) is 0 Å². The third-order valence-electron chi connectivity index (χ3n) is 3.16. The Morgan fingerprint density at radius 2 is 2.53 bits per heavy atom. The molecule has 1 atom stereocenters. The Bertz CT molecular complexity index is 393. The molecule has 0 radical (unpaired) electrons. The molecule has 1 fully saturated rings. The molecule has 1 unspecified atom stereocenters. The van der Waals surface area contributed by atoms with Gasteiger partial charge < -0.3 is 10.6 Å². The number of aromatic nitrogens is 2. The summed E-state index contributed by atoms with van der Waals surface area (Å²) in [5, 5.41) is 10.6. The van der Waals surface area contributed by atoms with Crippen LogP contribution in [0.2, 0.25) is 0 Å². The van der Waals surface area contributed by atoms with Crippen LogP contribution in [0.25, 0.3) is 0 Å². The fourth-order valence-electron chi connectivity index (χ4n) is 2.23. The second-order valence-electron chi connectivity index (χ2n) is 4.52. The lowest BCUT2D eigenvalue weighted by Crippen LogP contribution is -2.37. The summed E-state index contributed by atoms with van der Waals surface area (Å²) in [6.07, 6.45) is 4.92. The topological polar surface area (TPSA) is 59.0 Å². The lowest BCUT2D eigenvalue weighted by Gasteiger charge is -2.11. The van der Waals surface area contributed by atoms with E-state index in [1.807, 2.05) is 14.0 Å². The van der Waals surface area contributed by atoms with Gasteiger partial charge >= 0.3 is 0 Å². The Morgan fingerprint density at radius 1 is 1.71 bits per heavy atom. The molecule has 1 aromatic heterocycles. The van der Waals surface area contributed by atoms with Gasteiger partial charge in [-0.3, -0.25) is 9.48 Å². The van der Waals surface area contributed by atoms with Crippen molar-refractivity contribution in [2.24, 2.45) is 7.05 Å². The van der Waals surface area contributed by atoms with Crippen LogP contribution >= 0.6 is 0 Å². The van der Waals surface area contributed by atoms with Gasteiger partial charge in [-0.2, -0.15) is 5.10 Å². The van der Waals surface area contributed by atoms with Crippen molar-refractivity contribution >= 4 is 5.91 Å². The predicted octanol–water partition coefficient (Wildman–Crippen LogP) is 0.464. The molecule has 0 saturated carbocycles. The first kappa shape index (κ1) is 12.1. The zero-order valence-corrected chi connectivity index (χ0v) is 10.5. The minimum absolute atomic E-state index is 0.0105. The van der Waals surface area contributed by atoms with E-state index in [4.69, 9.17) is 0 Å². The molecule has 94 valence electrons. The molecule has 1 aliphatic rings. The molecule has 1 aliphatic heterocycles. The monoisotopic (exact) mass is 236 g/mol. The molecule has 2 heterocycles. The van der Waals surface area contributed by atoms with Crippen LogP contribution in [0.4, 0.5) is 0 Å². The van der Waals surface area contributed by atoms with Gasteiger partial charge in [0.15, 0.2) is 0 Å². The Hall–Kier alpha value is -1.36. The largest absolute Gasteiger partial charge is 0.350 e.